The molecule has 2 rings (SSSR count). The molecule has 2 aliphatic rings. The van der Waals surface area contributed by atoms with Crippen LogP contribution in [0.1, 0.15) is 19.3 Å². The maximum Gasteiger partial charge on any atom is 0.235 e. The standard InChI is InChI=1S/C9H11NOS/c11-6-10-8-5-4-7-2-1-3-9(8)12-7/h1-2,7-9H,3-5H2. The molecule has 2 bridgehead atoms. The molecule has 3 heteroatoms. The molecule has 0 N–H and O–H groups in total. The number of allylic oxidation sites excluding steroid dienone is 1. The predicted molar refractivity (Wildman–Crippen MR) is 50.1 cm³/mol. The van der Waals surface area contributed by atoms with Crippen molar-refractivity contribution < 1.29 is 4.79 Å². The second-order valence-electron chi connectivity index (χ2n) is 3.24. The van der Waals surface area contributed by atoms with Crippen molar-refractivity contribution in [3.63, 3.8) is 0 Å². The number of isocyanates is 1. The molecule has 1 fully saturated rings. The van der Waals surface area contributed by atoms with Gasteiger partial charge in [-0.05, 0) is 19.3 Å². The highest BCUT2D eigenvalue weighted by atomic mass is 32.2. The molecule has 0 aromatic rings. The summed E-state index contributed by atoms with van der Waals surface area (Å²) in [6, 6.07) is 0.230. The number of aliphatic imine (C=N–C) groups is 1. The summed E-state index contributed by atoms with van der Waals surface area (Å²) in [6.45, 7) is 0. The third kappa shape index (κ3) is 1.47. The zero-order chi connectivity index (χ0) is 8.39. The van der Waals surface area contributed by atoms with Gasteiger partial charge in [0.25, 0.3) is 0 Å². The van der Waals surface area contributed by atoms with Crippen molar-refractivity contribution in [3.8, 4) is 0 Å². The van der Waals surface area contributed by atoms with E-state index in [0.717, 1.165) is 19.3 Å². The highest BCUT2D eigenvalue weighted by Gasteiger charge is 2.31. The maximum absolute atomic E-state index is 10.1. The van der Waals surface area contributed by atoms with E-state index >= 15 is 0 Å². The van der Waals surface area contributed by atoms with Crippen molar-refractivity contribution in [1.82, 2.24) is 0 Å². The van der Waals surface area contributed by atoms with E-state index < -0.39 is 0 Å². The number of hydrogen-bond acceptors (Lipinski definition) is 3. The fourth-order valence-electron chi connectivity index (χ4n) is 1.84. The molecule has 2 heterocycles. The fraction of sp³-hybridized carbons (Fsp3) is 0.667. The van der Waals surface area contributed by atoms with E-state index in [9.17, 15) is 4.79 Å². The molecule has 2 aliphatic heterocycles. The highest BCUT2D eigenvalue weighted by Crippen LogP contribution is 2.39. The van der Waals surface area contributed by atoms with Gasteiger partial charge in [-0.25, -0.2) is 9.79 Å². The van der Waals surface area contributed by atoms with Crippen LogP contribution >= 0.6 is 11.8 Å². The molecule has 0 saturated carbocycles. The second-order valence-corrected chi connectivity index (χ2v) is 4.73. The molecule has 1 saturated heterocycles. The molecule has 3 unspecified atom stereocenters. The molecule has 0 aromatic carbocycles. The van der Waals surface area contributed by atoms with Gasteiger partial charge in [-0.2, -0.15) is 0 Å². The average Bonchev–Trinajstić information content (AvgIpc) is 2.11. The number of hydrogen-bond donors (Lipinski definition) is 0. The summed E-state index contributed by atoms with van der Waals surface area (Å²) in [5, 5.41) is 1.22. The summed E-state index contributed by atoms with van der Waals surface area (Å²) in [4.78, 5) is 14.0. The van der Waals surface area contributed by atoms with E-state index in [-0.39, 0.29) is 6.04 Å². The first-order valence-corrected chi connectivity index (χ1v) is 5.23. The van der Waals surface area contributed by atoms with Crippen LogP contribution in [0.5, 0.6) is 0 Å². The average molecular weight is 181 g/mol. The Bertz CT molecular complexity index is 245. The third-order valence-electron chi connectivity index (χ3n) is 2.46. The van der Waals surface area contributed by atoms with E-state index in [4.69, 9.17) is 0 Å². The number of nitrogens with zero attached hydrogens (tertiary/aromatic N) is 1. The van der Waals surface area contributed by atoms with Gasteiger partial charge in [0, 0.05) is 10.5 Å². The van der Waals surface area contributed by atoms with E-state index in [1.807, 2.05) is 11.8 Å². The highest BCUT2D eigenvalue weighted by molar-refractivity contribution is 8.00. The summed E-state index contributed by atoms with van der Waals surface area (Å²) < 4.78 is 0. The van der Waals surface area contributed by atoms with Gasteiger partial charge in [-0.15, -0.1) is 11.8 Å². The summed E-state index contributed by atoms with van der Waals surface area (Å²) in [7, 11) is 0. The summed E-state index contributed by atoms with van der Waals surface area (Å²) >= 11 is 1.96. The van der Waals surface area contributed by atoms with Crippen LogP contribution < -0.4 is 0 Å². The predicted octanol–water partition coefficient (Wildman–Crippen LogP) is 1.91. The van der Waals surface area contributed by atoms with E-state index in [1.165, 1.54) is 0 Å². The van der Waals surface area contributed by atoms with Gasteiger partial charge in [0.1, 0.15) is 0 Å². The van der Waals surface area contributed by atoms with Crippen LogP contribution in [0, 0.1) is 0 Å². The molecule has 0 aliphatic carbocycles. The first kappa shape index (κ1) is 8.09. The van der Waals surface area contributed by atoms with Crippen molar-refractivity contribution in [3.05, 3.63) is 12.2 Å². The molecule has 0 radical (unpaired) electrons. The maximum atomic E-state index is 10.1. The minimum absolute atomic E-state index is 0.230. The molecule has 12 heavy (non-hydrogen) atoms. The van der Waals surface area contributed by atoms with Crippen LogP contribution in [0.15, 0.2) is 17.1 Å². The van der Waals surface area contributed by atoms with Crippen molar-refractivity contribution in [2.45, 2.75) is 35.8 Å². The molecule has 2 nitrogen and oxygen atoms in total. The van der Waals surface area contributed by atoms with Crippen molar-refractivity contribution in [1.29, 1.82) is 0 Å². The zero-order valence-corrected chi connectivity index (χ0v) is 7.59. The summed E-state index contributed by atoms with van der Waals surface area (Å²) in [5.74, 6) is 0. The Morgan fingerprint density at radius 2 is 2.42 bits per heavy atom. The van der Waals surface area contributed by atoms with Gasteiger partial charge in [0.2, 0.25) is 6.08 Å². The lowest BCUT2D eigenvalue weighted by Gasteiger charge is -2.33. The summed E-state index contributed by atoms with van der Waals surface area (Å²) in [6.07, 6.45) is 9.46. The van der Waals surface area contributed by atoms with Crippen LogP contribution in [-0.2, 0) is 4.79 Å². The minimum atomic E-state index is 0.230. The van der Waals surface area contributed by atoms with E-state index in [2.05, 4.69) is 17.1 Å². The van der Waals surface area contributed by atoms with Crippen molar-refractivity contribution in [2.24, 2.45) is 4.99 Å². The smallest absolute Gasteiger partial charge is 0.211 e. The lowest BCUT2D eigenvalue weighted by Crippen LogP contribution is -2.31. The molecule has 3 atom stereocenters. The largest absolute Gasteiger partial charge is 0.235 e. The first-order chi connectivity index (χ1) is 5.90. The lowest BCUT2D eigenvalue weighted by molar-refractivity contribution is 0.519. The van der Waals surface area contributed by atoms with E-state index in [0.29, 0.717) is 10.5 Å². The van der Waals surface area contributed by atoms with Crippen LogP contribution in [0.2, 0.25) is 0 Å². The van der Waals surface area contributed by atoms with Gasteiger partial charge in [0.15, 0.2) is 0 Å². The van der Waals surface area contributed by atoms with Gasteiger partial charge < -0.3 is 0 Å². The number of carbonyl (C=O) groups excluding carboxylic acids is 1. The Morgan fingerprint density at radius 3 is 3.25 bits per heavy atom. The lowest BCUT2D eigenvalue weighted by atomic mass is 10.00. The summed E-state index contributed by atoms with van der Waals surface area (Å²) in [5.41, 5.74) is 0. The first-order valence-electron chi connectivity index (χ1n) is 4.29. The molecule has 0 aromatic heterocycles. The monoisotopic (exact) mass is 181 g/mol. The second kappa shape index (κ2) is 3.46. The number of thioether (sulfide) groups is 1. The van der Waals surface area contributed by atoms with Gasteiger partial charge in [-0.1, -0.05) is 12.2 Å². The molecular weight excluding hydrogens is 170 g/mol. The Labute approximate surface area is 76.1 Å². The normalized spacial score (nSPS) is 38.8. The van der Waals surface area contributed by atoms with Crippen LogP contribution in [-0.4, -0.2) is 22.6 Å². The van der Waals surface area contributed by atoms with Gasteiger partial charge in [0.05, 0.1) is 6.04 Å². The van der Waals surface area contributed by atoms with Gasteiger partial charge >= 0.3 is 0 Å². The van der Waals surface area contributed by atoms with E-state index in [1.54, 1.807) is 6.08 Å². The molecule has 0 spiro atoms. The van der Waals surface area contributed by atoms with Crippen LogP contribution in [0.25, 0.3) is 0 Å². The zero-order valence-electron chi connectivity index (χ0n) is 6.77. The van der Waals surface area contributed by atoms with Crippen molar-refractivity contribution >= 4 is 17.8 Å². The quantitative estimate of drug-likeness (QED) is 0.351. The van der Waals surface area contributed by atoms with Crippen LogP contribution in [0.3, 0.4) is 0 Å². The topological polar surface area (TPSA) is 29.4 Å². The molecule has 0 amide bonds. The van der Waals surface area contributed by atoms with Gasteiger partial charge in [-0.3, -0.25) is 0 Å². The SMILES string of the molecule is O=C=NC1CCC2C=CCC1S2. The Hall–Kier alpha value is -0.530. The van der Waals surface area contributed by atoms with Crippen LogP contribution in [0.4, 0.5) is 0 Å². The Morgan fingerprint density at radius 1 is 1.50 bits per heavy atom. The fourth-order valence-corrected chi connectivity index (χ4v) is 3.36. The minimum Gasteiger partial charge on any atom is -0.211 e. The number of rotatable bonds is 1. The Balaban J connectivity index is 2.11. The number of fused-ring (bicyclic) bond motifs is 2. The molecule has 64 valence electrons. The third-order valence-corrected chi connectivity index (χ3v) is 4.06. The van der Waals surface area contributed by atoms with Crippen molar-refractivity contribution in [2.75, 3.05) is 0 Å². The molecular formula is C9H11NOS. The Kier molecular flexibility index (Phi) is 2.33.